The lowest BCUT2D eigenvalue weighted by Crippen LogP contribution is -2.41. The molecular weight excluding hydrogens is 164 g/mol. The molecule has 1 fully saturated rings. The van der Waals surface area contributed by atoms with E-state index < -0.39 is 0 Å². The van der Waals surface area contributed by atoms with E-state index in [4.69, 9.17) is 16.3 Å². The molecule has 1 saturated heterocycles. The molecule has 4 heteroatoms. The van der Waals surface area contributed by atoms with Crippen LogP contribution in [0.3, 0.4) is 0 Å². The van der Waals surface area contributed by atoms with Crippen molar-refractivity contribution in [3.8, 4) is 0 Å². The van der Waals surface area contributed by atoms with Crippen molar-refractivity contribution in [2.75, 3.05) is 40.4 Å². The number of morpholine rings is 1. The molecule has 11 heavy (non-hydrogen) atoms. The summed E-state index contributed by atoms with van der Waals surface area (Å²) in [5.74, 6) is 0. The normalized spacial score (nSPS) is 18.3. The minimum atomic E-state index is 0.782. The molecule has 0 aromatic rings. The lowest BCUT2D eigenvalue weighted by Gasteiger charge is -2.21. The Labute approximate surface area is 72.2 Å². The number of ether oxygens (including phenoxy) is 1. The number of nitrogens with zero attached hydrogens (tertiary/aromatic N) is 2. The molecule has 3 nitrogen and oxygen atoms in total. The van der Waals surface area contributed by atoms with E-state index in [0.717, 1.165) is 31.6 Å². The van der Waals surface area contributed by atoms with Gasteiger partial charge in [-0.2, -0.15) is 0 Å². The zero-order chi connectivity index (χ0) is 8.27. The van der Waals surface area contributed by atoms with E-state index in [9.17, 15) is 0 Å². The molecule has 0 amide bonds. The van der Waals surface area contributed by atoms with Gasteiger partial charge in [-0.3, -0.25) is 4.58 Å². The van der Waals surface area contributed by atoms with E-state index in [1.54, 1.807) is 0 Å². The highest BCUT2D eigenvalue weighted by Gasteiger charge is 2.20. The summed E-state index contributed by atoms with van der Waals surface area (Å²) in [6, 6.07) is 0. The molecule has 64 valence electrons. The fourth-order valence-electron chi connectivity index (χ4n) is 1.03. The van der Waals surface area contributed by atoms with Gasteiger partial charge in [-0.1, -0.05) is 0 Å². The second kappa shape index (κ2) is 3.93. The van der Waals surface area contributed by atoms with Gasteiger partial charge in [0.2, 0.25) is 0 Å². The Kier molecular flexibility index (Phi) is 3.15. The number of rotatable bonds is 0. The monoisotopic (exact) mass is 177 g/mol. The summed E-state index contributed by atoms with van der Waals surface area (Å²) in [7, 11) is 3.88. The van der Waals surface area contributed by atoms with Crippen LogP contribution in [0.1, 0.15) is 0 Å². The molecule has 0 saturated carbocycles. The first-order valence-corrected chi connectivity index (χ1v) is 4.12. The third-order valence-corrected chi connectivity index (χ3v) is 2.22. The SMILES string of the molecule is C[N+](C)=C(Cl)N1CCOCC1. The standard InChI is InChI=1S/C7H14ClN2O/c1-9(2)7(8)10-3-5-11-6-4-10/h3-6H2,1-2H3/q+1. The molecule has 0 aliphatic carbocycles. The molecule has 1 heterocycles. The smallest absolute Gasteiger partial charge is 0.344 e. The van der Waals surface area contributed by atoms with Gasteiger partial charge < -0.3 is 4.74 Å². The molecule has 1 aliphatic heterocycles. The Balaban J connectivity index is 2.52. The molecule has 0 atom stereocenters. The van der Waals surface area contributed by atoms with Crippen LogP contribution in [-0.4, -0.2) is 55.2 Å². The molecule has 0 spiro atoms. The van der Waals surface area contributed by atoms with Gasteiger partial charge in [-0.05, 0) is 0 Å². The lowest BCUT2D eigenvalue weighted by molar-refractivity contribution is -0.467. The van der Waals surface area contributed by atoms with Gasteiger partial charge in [0.15, 0.2) is 0 Å². The minimum absolute atomic E-state index is 0.782. The summed E-state index contributed by atoms with van der Waals surface area (Å²) in [6.45, 7) is 3.36. The zero-order valence-electron chi connectivity index (χ0n) is 7.01. The Hall–Kier alpha value is -0.280. The molecule has 0 aromatic heterocycles. The van der Waals surface area contributed by atoms with E-state index in [2.05, 4.69) is 4.90 Å². The molecule has 1 rings (SSSR count). The largest absolute Gasteiger partial charge is 0.373 e. The third kappa shape index (κ3) is 2.34. The summed E-state index contributed by atoms with van der Waals surface area (Å²) >= 11 is 6.01. The molecular formula is C7H14ClN2O+. The molecule has 0 N–H and O–H groups in total. The van der Waals surface area contributed by atoms with Gasteiger partial charge in [-0.15, -0.1) is 0 Å². The zero-order valence-corrected chi connectivity index (χ0v) is 7.76. The van der Waals surface area contributed by atoms with Crippen molar-refractivity contribution in [1.29, 1.82) is 0 Å². The van der Waals surface area contributed by atoms with Gasteiger partial charge in [0.1, 0.15) is 13.1 Å². The molecule has 0 unspecified atom stereocenters. The van der Waals surface area contributed by atoms with Crippen LogP contribution in [0.4, 0.5) is 0 Å². The summed E-state index contributed by atoms with van der Waals surface area (Å²) in [6.07, 6.45) is 0. The van der Waals surface area contributed by atoms with Crippen molar-refractivity contribution in [3.05, 3.63) is 0 Å². The van der Waals surface area contributed by atoms with Crippen molar-refractivity contribution in [2.24, 2.45) is 0 Å². The van der Waals surface area contributed by atoms with Crippen LogP contribution in [0, 0.1) is 0 Å². The van der Waals surface area contributed by atoms with Crippen molar-refractivity contribution in [2.45, 2.75) is 0 Å². The van der Waals surface area contributed by atoms with Crippen LogP contribution >= 0.6 is 11.6 Å². The highest BCUT2D eigenvalue weighted by Crippen LogP contribution is 2.00. The first-order chi connectivity index (χ1) is 5.22. The highest BCUT2D eigenvalue weighted by molar-refractivity contribution is 6.63. The second-order valence-corrected chi connectivity index (χ2v) is 3.10. The predicted molar refractivity (Wildman–Crippen MR) is 45.4 cm³/mol. The van der Waals surface area contributed by atoms with Gasteiger partial charge in [-0.25, -0.2) is 4.90 Å². The van der Waals surface area contributed by atoms with Crippen LogP contribution in [-0.2, 0) is 4.74 Å². The van der Waals surface area contributed by atoms with Gasteiger partial charge in [0.05, 0.1) is 27.3 Å². The second-order valence-electron chi connectivity index (χ2n) is 2.76. The maximum atomic E-state index is 6.01. The Morgan fingerprint density at radius 3 is 2.36 bits per heavy atom. The topological polar surface area (TPSA) is 15.5 Å². The first-order valence-electron chi connectivity index (χ1n) is 3.74. The molecule has 0 bridgehead atoms. The predicted octanol–water partition coefficient (Wildman–Crippen LogP) is 0.185. The number of hydrogen-bond acceptors (Lipinski definition) is 1. The third-order valence-electron chi connectivity index (χ3n) is 1.64. The van der Waals surface area contributed by atoms with Crippen molar-refractivity contribution >= 4 is 16.9 Å². The average molecular weight is 178 g/mol. The first kappa shape index (κ1) is 8.81. The van der Waals surface area contributed by atoms with E-state index in [1.807, 2.05) is 18.7 Å². The average Bonchev–Trinajstić information content (AvgIpc) is 2.05. The van der Waals surface area contributed by atoms with E-state index in [0.29, 0.717) is 0 Å². The molecule has 0 radical (unpaired) electrons. The van der Waals surface area contributed by atoms with Crippen LogP contribution in [0.15, 0.2) is 0 Å². The quantitative estimate of drug-likeness (QED) is 0.227. The van der Waals surface area contributed by atoms with Gasteiger partial charge >= 0.3 is 5.29 Å². The summed E-state index contributed by atoms with van der Waals surface area (Å²) in [5, 5.41) is 0.799. The fourth-order valence-corrected chi connectivity index (χ4v) is 1.20. The maximum absolute atomic E-state index is 6.01. The van der Waals surface area contributed by atoms with Crippen LogP contribution < -0.4 is 0 Å². The summed E-state index contributed by atoms with van der Waals surface area (Å²) in [4.78, 5) is 2.12. The number of halogens is 1. The minimum Gasteiger partial charge on any atom is -0.373 e. The van der Waals surface area contributed by atoms with Gasteiger partial charge in [0.25, 0.3) is 0 Å². The van der Waals surface area contributed by atoms with E-state index in [-0.39, 0.29) is 0 Å². The Morgan fingerprint density at radius 1 is 1.36 bits per heavy atom. The van der Waals surface area contributed by atoms with Crippen LogP contribution in [0.2, 0.25) is 0 Å². The number of hydrogen-bond donors (Lipinski definition) is 0. The van der Waals surface area contributed by atoms with E-state index in [1.165, 1.54) is 0 Å². The lowest BCUT2D eigenvalue weighted by atomic mass is 10.5. The molecule has 0 aromatic carbocycles. The maximum Gasteiger partial charge on any atom is 0.344 e. The van der Waals surface area contributed by atoms with Crippen molar-refractivity contribution < 1.29 is 9.31 Å². The molecule has 1 aliphatic rings. The number of amidine groups is 1. The Bertz CT molecular complexity index is 160. The summed E-state index contributed by atoms with van der Waals surface area (Å²) < 4.78 is 7.11. The van der Waals surface area contributed by atoms with Crippen LogP contribution in [0.25, 0.3) is 0 Å². The summed E-state index contributed by atoms with van der Waals surface area (Å²) in [5.41, 5.74) is 0. The van der Waals surface area contributed by atoms with Crippen LogP contribution in [0.5, 0.6) is 0 Å². The van der Waals surface area contributed by atoms with E-state index >= 15 is 0 Å². The highest BCUT2D eigenvalue weighted by atomic mass is 35.5. The van der Waals surface area contributed by atoms with Crippen molar-refractivity contribution in [3.63, 3.8) is 0 Å². The Morgan fingerprint density at radius 2 is 1.91 bits per heavy atom. The van der Waals surface area contributed by atoms with Gasteiger partial charge in [0, 0.05) is 11.6 Å². The fraction of sp³-hybridized carbons (Fsp3) is 0.857. The van der Waals surface area contributed by atoms with Crippen molar-refractivity contribution in [1.82, 2.24) is 4.90 Å².